The number of carbonyl (C=O) groups is 1. The fourth-order valence-electron chi connectivity index (χ4n) is 4.50. The lowest BCUT2D eigenvalue weighted by atomic mass is 9.97. The van der Waals surface area contributed by atoms with Crippen molar-refractivity contribution in [2.45, 2.75) is 6.10 Å². The number of nitrogens with one attached hydrogen (secondary N) is 1. The van der Waals surface area contributed by atoms with Crippen LogP contribution >= 0.6 is 0 Å². The molecular weight excluding hydrogens is 566 g/mol. The quantitative estimate of drug-likeness (QED) is 0.290. The maximum Gasteiger partial charge on any atom is 0.417 e. The third-order valence-corrected chi connectivity index (χ3v) is 6.62. The van der Waals surface area contributed by atoms with Crippen LogP contribution in [0.1, 0.15) is 17.2 Å². The van der Waals surface area contributed by atoms with Crippen molar-refractivity contribution in [3.63, 3.8) is 0 Å². The smallest absolute Gasteiger partial charge is 0.417 e. The Balaban J connectivity index is 1.38. The number of ether oxygens (including phenoxy) is 3. The van der Waals surface area contributed by atoms with Crippen molar-refractivity contribution in [2.24, 2.45) is 7.05 Å². The largest absolute Gasteiger partial charge is 0.493 e. The summed E-state index contributed by atoms with van der Waals surface area (Å²) < 4.78 is 46.1. The number of fused-ring (bicyclic) bond motifs is 1. The van der Waals surface area contributed by atoms with Gasteiger partial charge >= 0.3 is 17.3 Å². The summed E-state index contributed by atoms with van der Waals surface area (Å²) in [6, 6.07) is 13.0. The van der Waals surface area contributed by atoms with Crippen molar-refractivity contribution in [1.82, 2.24) is 14.1 Å². The Morgan fingerprint density at radius 2 is 1.63 bits per heavy atom. The second-order valence-corrected chi connectivity index (χ2v) is 9.28. The van der Waals surface area contributed by atoms with Gasteiger partial charge in [-0.25, -0.2) is 22.9 Å². The average molecular weight is 591 g/mol. The number of amides is 1. The highest BCUT2D eigenvalue weighted by Crippen LogP contribution is 2.36. The van der Waals surface area contributed by atoms with Crippen LogP contribution in [-0.2, 0) is 7.05 Å². The van der Waals surface area contributed by atoms with Gasteiger partial charge in [-0.15, -0.1) is 0 Å². The molecule has 1 atom stereocenters. The molecule has 0 aliphatic rings. The summed E-state index contributed by atoms with van der Waals surface area (Å²) >= 11 is 0. The highest BCUT2D eigenvalue weighted by Gasteiger charge is 2.21. The lowest BCUT2D eigenvalue weighted by Crippen LogP contribution is -2.38. The van der Waals surface area contributed by atoms with Crippen molar-refractivity contribution in [2.75, 3.05) is 19.5 Å². The number of aliphatic hydroxyl groups is 1. The Morgan fingerprint density at radius 1 is 0.930 bits per heavy atom. The van der Waals surface area contributed by atoms with E-state index in [0.29, 0.717) is 32.5 Å². The zero-order valence-electron chi connectivity index (χ0n) is 23.0. The number of halogens is 2. The van der Waals surface area contributed by atoms with E-state index in [0.717, 1.165) is 29.0 Å². The Kier molecular flexibility index (Phi) is 7.90. The summed E-state index contributed by atoms with van der Waals surface area (Å²) in [6.07, 6.45) is -0.0519. The molecule has 0 fully saturated rings. The van der Waals surface area contributed by atoms with Gasteiger partial charge in [0.1, 0.15) is 17.7 Å². The van der Waals surface area contributed by atoms with Gasteiger partial charge < -0.3 is 19.3 Å². The Hall–Kier alpha value is -5.56. The Morgan fingerprint density at radius 3 is 2.30 bits per heavy atom. The monoisotopic (exact) mass is 590 g/mol. The number of methoxy groups -OCH3 is 2. The number of aromatic nitrogens is 3. The number of pyridine rings is 1. The molecule has 1 amide bonds. The molecule has 0 radical (unpaired) electrons. The summed E-state index contributed by atoms with van der Waals surface area (Å²) in [4.78, 5) is 42.4. The first-order chi connectivity index (χ1) is 20.6. The molecule has 3 aromatic carbocycles. The number of nitrogens with zero attached hydrogens (tertiary/aromatic N) is 3. The number of hydrogen-bond acceptors (Lipinski definition) is 8. The minimum Gasteiger partial charge on any atom is -0.493 e. The zero-order chi connectivity index (χ0) is 30.8. The number of aryl methyl sites for hydroxylation is 1. The second kappa shape index (κ2) is 11.7. The van der Waals surface area contributed by atoms with Crippen molar-refractivity contribution in [1.29, 1.82) is 0 Å². The minimum absolute atomic E-state index is 0.0341. The molecule has 5 aromatic rings. The van der Waals surface area contributed by atoms with Crippen molar-refractivity contribution >= 4 is 22.7 Å². The molecule has 5 rings (SSSR count). The van der Waals surface area contributed by atoms with Gasteiger partial charge in [-0.1, -0.05) is 6.07 Å². The van der Waals surface area contributed by atoms with E-state index in [1.165, 1.54) is 51.7 Å². The average Bonchev–Trinajstić information content (AvgIpc) is 2.99. The van der Waals surface area contributed by atoms with Gasteiger partial charge in [0.25, 0.3) is 0 Å². The summed E-state index contributed by atoms with van der Waals surface area (Å²) in [5, 5.41) is 13.9. The first kappa shape index (κ1) is 29.0. The number of aliphatic hydroxyl groups excluding tert-OH is 1. The lowest BCUT2D eigenvalue weighted by Gasteiger charge is -2.17. The van der Waals surface area contributed by atoms with E-state index in [-0.39, 0.29) is 16.9 Å². The van der Waals surface area contributed by atoms with Gasteiger partial charge in [0.15, 0.2) is 11.5 Å². The van der Waals surface area contributed by atoms with Crippen LogP contribution in [0.5, 0.6) is 17.2 Å². The molecule has 43 heavy (non-hydrogen) atoms. The van der Waals surface area contributed by atoms with Gasteiger partial charge in [-0.2, -0.15) is 0 Å². The van der Waals surface area contributed by atoms with Crippen LogP contribution in [0.15, 0.2) is 82.6 Å². The van der Waals surface area contributed by atoms with Crippen LogP contribution < -0.4 is 30.8 Å². The highest BCUT2D eigenvalue weighted by atomic mass is 19.1. The van der Waals surface area contributed by atoms with Gasteiger partial charge in [0, 0.05) is 35.9 Å². The molecular formula is C30H24F2N4O7. The molecule has 1 unspecified atom stereocenters. The fourth-order valence-corrected chi connectivity index (χ4v) is 4.50. The molecule has 0 saturated carbocycles. The summed E-state index contributed by atoms with van der Waals surface area (Å²) in [5.41, 5.74) is -0.915. The number of hydrogen-bond donors (Lipinski definition) is 2. The third-order valence-electron chi connectivity index (χ3n) is 6.62. The summed E-state index contributed by atoms with van der Waals surface area (Å²) in [6.45, 7) is 0. The summed E-state index contributed by atoms with van der Waals surface area (Å²) in [5.74, 6) is -1.07. The summed E-state index contributed by atoms with van der Waals surface area (Å²) in [7, 11) is 4.28. The maximum absolute atomic E-state index is 15.2. The van der Waals surface area contributed by atoms with Crippen LogP contribution in [0.2, 0.25) is 0 Å². The fraction of sp³-hybridized carbons (Fsp3) is 0.133. The van der Waals surface area contributed by atoms with E-state index in [9.17, 15) is 23.9 Å². The molecule has 0 bridgehead atoms. The zero-order valence-corrected chi connectivity index (χ0v) is 23.0. The number of anilines is 1. The van der Waals surface area contributed by atoms with Crippen LogP contribution in [0.4, 0.5) is 19.3 Å². The molecule has 0 saturated heterocycles. The molecule has 11 nitrogen and oxygen atoms in total. The Labute approximate surface area is 242 Å². The first-order valence-electron chi connectivity index (χ1n) is 12.7. The van der Waals surface area contributed by atoms with Crippen LogP contribution in [0.25, 0.3) is 16.6 Å². The number of carbonyl (C=O) groups excluding carboxylic acids is 1. The normalized spacial score (nSPS) is 11.7. The van der Waals surface area contributed by atoms with Crippen molar-refractivity contribution in [3.8, 4) is 22.9 Å². The Bertz CT molecular complexity index is 1970. The van der Waals surface area contributed by atoms with Crippen molar-refractivity contribution in [3.05, 3.63) is 117 Å². The minimum atomic E-state index is -1.40. The standard InChI is InChI=1S/C30H24F2N4O7/c1-35-15-26(28(38)36(30(35)40)18-7-4-16(31)5-8-18)43-29(39)34-17-6-9-20(22(32)12-17)27(37)19-10-11-33-23-14-25(42-3)24(41-2)13-21(19)23/h4-15,27,37H,1-3H3,(H,34,39). The van der Waals surface area contributed by atoms with E-state index in [4.69, 9.17) is 14.2 Å². The molecule has 0 aliphatic carbocycles. The molecule has 2 heterocycles. The van der Waals surface area contributed by atoms with Crippen molar-refractivity contribution < 1.29 is 32.9 Å². The van der Waals surface area contributed by atoms with E-state index in [1.54, 1.807) is 18.2 Å². The molecule has 0 aliphatic heterocycles. The first-order valence-corrected chi connectivity index (χ1v) is 12.7. The van der Waals surface area contributed by atoms with E-state index < -0.39 is 40.8 Å². The molecule has 13 heteroatoms. The van der Waals surface area contributed by atoms with Crippen LogP contribution in [0, 0.1) is 11.6 Å². The molecule has 2 aromatic heterocycles. The predicted molar refractivity (Wildman–Crippen MR) is 152 cm³/mol. The maximum atomic E-state index is 15.2. The van der Waals surface area contributed by atoms with Gasteiger partial charge in [0.05, 0.1) is 31.6 Å². The highest BCUT2D eigenvalue weighted by molar-refractivity contribution is 5.87. The predicted octanol–water partition coefficient (Wildman–Crippen LogP) is 4.07. The van der Waals surface area contributed by atoms with Gasteiger partial charge in [0.2, 0.25) is 5.75 Å². The van der Waals surface area contributed by atoms with Crippen LogP contribution in [0.3, 0.4) is 0 Å². The lowest BCUT2D eigenvalue weighted by molar-refractivity contribution is 0.214. The topological polar surface area (TPSA) is 134 Å². The SMILES string of the molecule is COc1cc2nccc(C(O)c3ccc(NC(=O)Oc4cn(C)c(=O)n(-c5ccc(F)cc5)c4=O)cc3F)c2cc1OC. The van der Waals surface area contributed by atoms with E-state index >= 15 is 4.39 Å². The molecule has 220 valence electrons. The third kappa shape index (κ3) is 5.65. The molecule has 2 N–H and O–H groups in total. The van der Waals surface area contributed by atoms with E-state index in [2.05, 4.69) is 10.3 Å². The van der Waals surface area contributed by atoms with E-state index in [1.807, 2.05) is 0 Å². The number of rotatable bonds is 7. The van der Waals surface area contributed by atoms with Gasteiger partial charge in [-0.3, -0.25) is 19.7 Å². The number of benzene rings is 3. The van der Waals surface area contributed by atoms with Gasteiger partial charge in [-0.05, 0) is 54.1 Å². The second-order valence-electron chi connectivity index (χ2n) is 9.28. The van der Waals surface area contributed by atoms with Crippen LogP contribution in [-0.4, -0.2) is 39.5 Å². The molecule has 0 spiro atoms.